The van der Waals surface area contributed by atoms with Crippen LogP contribution in [0.15, 0.2) is 48.5 Å². The molecule has 1 unspecified atom stereocenters. The molecule has 28 heavy (non-hydrogen) atoms. The number of carbonyl (C=O) groups excluding carboxylic acids is 2. The van der Waals surface area contributed by atoms with E-state index in [-0.39, 0.29) is 13.2 Å². The van der Waals surface area contributed by atoms with Crippen LogP contribution in [0.2, 0.25) is 0 Å². The van der Waals surface area contributed by atoms with E-state index in [4.69, 9.17) is 4.74 Å². The molecule has 0 radical (unpaired) electrons. The summed E-state index contributed by atoms with van der Waals surface area (Å²) in [7, 11) is 0. The molecule has 0 bridgehead atoms. The molecule has 1 N–H and O–H groups in total. The number of carbonyl (C=O) groups is 2. The number of hydrogen-bond donors (Lipinski definition) is 1. The van der Waals surface area contributed by atoms with Gasteiger partial charge in [-0.25, -0.2) is 4.79 Å². The van der Waals surface area contributed by atoms with Gasteiger partial charge in [0.2, 0.25) is 0 Å². The van der Waals surface area contributed by atoms with Gasteiger partial charge < -0.3 is 14.8 Å². The summed E-state index contributed by atoms with van der Waals surface area (Å²) in [5.41, 5.74) is 2.59. The summed E-state index contributed by atoms with van der Waals surface area (Å²) in [5, 5.41) is 2.71. The van der Waals surface area contributed by atoms with E-state index in [0.29, 0.717) is 17.5 Å². The summed E-state index contributed by atoms with van der Waals surface area (Å²) in [5.74, 6) is -0.925. The molecule has 1 heterocycles. The minimum atomic E-state index is -4.35. The number of amides is 1. The number of hydrogen-bond acceptors (Lipinski definition) is 4. The molecule has 0 aliphatic carbocycles. The van der Waals surface area contributed by atoms with Crippen molar-refractivity contribution in [3.05, 3.63) is 70.8 Å². The van der Waals surface area contributed by atoms with Crippen LogP contribution in [-0.2, 0) is 33.8 Å². The number of nitrogens with one attached hydrogen (secondary N) is 1. The molecule has 1 amide bonds. The monoisotopic (exact) mass is 393 g/mol. The third kappa shape index (κ3) is 5.32. The highest BCUT2D eigenvalue weighted by atomic mass is 19.4. The smallest absolute Gasteiger partial charge is 0.411 e. The molecule has 0 spiro atoms. The lowest BCUT2D eigenvalue weighted by molar-refractivity contribution is -0.176. The van der Waals surface area contributed by atoms with Crippen molar-refractivity contribution < 1.29 is 32.2 Å². The first-order valence-electron chi connectivity index (χ1n) is 8.61. The highest BCUT2D eigenvalue weighted by Crippen LogP contribution is 2.20. The first kappa shape index (κ1) is 19.9. The number of benzene rings is 2. The van der Waals surface area contributed by atoms with Gasteiger partial charge in [-0.1, -0.05) is 42.5 Å². The van der Waals surface area contributed by atoms with Crippen LogP contribution in [0.25, 0.3) is 0 Å². The van der Waals surface area contributed by atoms with Crippen molar-refractivity contribution >= 4 is 11.9 Å². The zero-order valence-corrected chi connectivity index (χ0v) is 14.8. The molecule has 2 aromatic carbocycles. The molecule has 1 atom stereocenters. The SMILES string of the molecule is O=C1OC(C(=O)NCc2ccc(COCC(F)(F)F)cc2)Cc2ccccc21. The maximum atomic E-state index is 12.3. The van der Waals surface area contributed by atoms with Crippen molar-refractivity contribution in [2.24, 2.45) is 0 Å². The fraction of sp³-hybridized carbons (Fsp3) is 0.300. The summed E-state index contributed by atoms with van der Waals surface area (Å²) < 4.78 is 46.0. The highest BCUT2D eigenvalue weighted by Gasteiger charge is 2.30. The van der Waals surface area contributed by atoms with Crippen LogP contribution >= 0.6 is 0 Å². The molecule has 0 aromatic heterocycles. The van der Waals surface area contributed by atoms with E-state index in [1.807, 2.05) is 0 Å². The predicted octanol–water partition coefficient (Wildman–Crippen LogP) is 3.16. The van der Waals surface area contributed by atoms with Gasteiger partial charge in [0.15, 0.2) is 6.10 Å². The molecule has 148 valence electrons. The molecule has 8 heteroatoms. The van der Waals surface area contributed by atoms with Crippen LogP contribution in [-0.4, -0.2) is 30.8 Å². The number of fused-ring (bicyclic) bond motifs is 1. The number of esters is 1. The van der Waals surface area contributed by atoms with Crippen LogP contribution < -0.4 is 5.32 Å². The Bertz CT molecular complexity index is 849. The second kappa shape index (κ2) is 8.43. The fourth-order valence-electron chi connectivity index (χ4n) is 2.82. The van der Waals surface area contributed by atoms with Crippen molar-refractivity contribution in [3.8, 4) is 0 Å². The summed E-state index contributed by atoms with van der Waals surface area (Å²) in [6.45, 7) is -1.24. The van der Waals surface area contributed by atoms with E-state index in [1.165, 1.54) is 0 Å². The molecule has 1 aliphatic heterocycles. The second-order valence-corrected chi connectivity index (χ2v) is 6.40. The topological polar surface area (TPSA) is 64.6 Å². The zero-order chi connectivity index (χ0) is 20.1. The van der Waals surface area contributed by atoms with Crippen molar-refractivity contribution in [2.45, 2.75) is 31.9 Å². The van der Waals surface area contributed by atoms with Crippen LogP contribution in [0.3, 0.4) is 0 Å². The van der Waals surface area contributed by atoms with E-state index < -0.39 is 30.8 Å². The van der Waals surface area contributed by atoms with Gasteiger partial charge in [0.25, 0.3) is 5.91 Å². The molecule has 5 nitrogen and oxygen atoms in total. The van der Waals surface area contributed by atoms with Crippen LogP contribution in [0.5, 0.6) is 0 Å². The molecule has 3 rings (SSSR count). The predicted molar refractivity (Wildman–Crippen MR) is 93.3 cm³/mol. The van der Waals surface area contributed by atoms with Gasteiger partial charge in [-0.15, -0.1) is 0 Å². The normalized spacial score (nSPS) is 16.2. The van der Waals surface area contributed by atoms with Crippen molar-refractivity contribution in [1.29, 1.82) is 0 Å². The number of cyclic esters (lactones) is 1. The Morgan fingerprint density at radius 1 is 1.11 bits per heavy atom. The number of rotatable bonds is 6. The van der Waals surface area contributed by atoms with Gasteiger partial charge in [-0.3, -0.25) is 4.79 Å². The van der Waals surface area contributed by atoms with Crippen LogP contribution in [0.1, 0.15) is 27.0 Å². The Labute approximate surface area is 159 Å². The Morgan fingerprint density at radius 3 is 2.50 bits per heavy atom. The van der Waals surface area contributed by atoms with Crippen LogP contribution in [0.4, 0.5) is 13.2 Å². The van der Waals surface area contributed by atoms with Crippen molar-refractivity contribution in [1.82, 2.24) is 5.32 Å². The quantitative estimate of drug-likeness (QED) is 0.766. The molecule has 0 fully saturated rings. The van der Waals surface area contributed by atoms with E-state index in [9.17, 15) is 22.8 Å². The largest absolute Gasteiger partial charge is 0.448 e. The summed E-state index contributed by atoms with van der Waals surface area (Å²) >= 11 is 0. The number of halogens is 3. The third-order valence-corrected chi connectivity index (χ3v) is 4.21. The molecular formula is C20H18F3NO4. The molecule has 0 saturated heterocycles. The molecular weight excluding hydrogens is 375 g/mol. The van der Waals surface area contributed by atoms with Gasteiger partial charge in [0.1, 0.15) is 6.61 Å². The minimum absolute atomic E-state index is 0.149. The van der Waals surface area contributed by atoms with Gasteiger partial charge in [0.05, 0.1) is 12.2 Å². The van der Waals surface area contributed by atoms with E-state index >= 15 is 0 Å². The molecule has 1 aliphatic rings. The standard InChI is InChI=1S/C20H18F3NO4/c21-20(22,23)12-27-11-14-7-5-13(6-8-14)10-24-18(25)17-9-15-3-1-2-4-16(15)19(26)28-17/h1-8,17H,9-12H2,(H,24,25). The lowest BCUT2D eigenvalue weighted by atomic mass is 9.98. The third-order valence-electron chi connectivity index (χ3n) is 4.21. The highest BCUT2D eigenvalue weighted by molar-refractivity contribution is 5.95. The Morgan fingerprint density at radius 2 is 1.79 bits per heavy atom. The molecule has 0 saturated carbocycles. The minimum Gasteiger partial charge on any atom is -0.448 e. The zero-order valence-electron chi connectivity index (χ0n) is 14.8. The fourth-order valence-corrected chi connectivity index (χ4v) is 2.82. The van der Waals surface area contributed by atoms with E-state index in [1.54, 1.807) is 48.5 Å². The Balaban J connectivity index is 1.49. The summed E-state index contributed by atoms with van der Waals surface area (Å²) in [6.07, 6.45) is -4.94. The van der Waals surface area contributed by atoms with Crippen LogP contribution in [0, 0.1) is 0 Å². The maximum Gasteiger partial charge on any atom is 0.411 e. The Kier molecular flexibility index (Phi) is 5.99. The first-order valence-corrected chi connectivity index (χ1v) is 8.61. The summed E-state index contributed by atoms with van der Waals surface area (Å²) in [4.78, 5) is 24.3. The van der Waals surface area contributed by atoms with Gasteiger partial charge in [-0.05, 0) is 22.8 Å². The average Bonchev–Trinajstić information content (AvgIpc) is 2.66. The van der Waals surface area contributed by atoms with Gasteiger partial charge in [0, 0.05) is 13.0 Å². The van der Waals surface area contributed by atoms with E-state index in [0.717, 1.165) is 11.1 Å². The Hall–Kier alpha value is -2.87. The maximum absolute atomic E-state index is 12.3. The van der Waals surface area contributed by atoms with Gasteiger partial charge >= 0.3 is 12.1 Å². The number of ether oxygens (including phenoxy) is 2. The first-order chi connectivity index (χ1) is 13.3. The van der Waals surface area contributed by atoms with Crippen molar-refractivity contribution in [2.75, 3.05) is 6.61 Å². The summed E-state index contributed by atoms with van der Waals surface area (Å²) in [6, 6.07) is 13.6. The van der Waals surface area contributed by atoms with Crippen molar-refractivity contribution in [3.63, 3.8) is 0 Å². The average molecular weight is 393 g/mol. The number of alkyl halides is 3. The van der Waals surface area contributed by atoms with Gasteiger partial charge in [-0.2, -0.15) is 13.2 Å². The lowest BCUT2D eigenvalue weighted by Crippen LogP contribution is -2.41. The lowest BCUT2D eigenvalue weighted by Gasteiger charge is -2.23. The molecule has 2 aromatic rings. The van der Waals surface area contributed by atoms with E-state index in [2.05, 4.69) is 10.1 Å². The second-order valence-electron chi connectivity index (χ2n) is 6.40.